The number of aromatic carboxylic acids is 1. The Morgan fingerprint density at radius 2 is 2.00 bits per heavy atom. The largest absolute Gasteiger partial charge is 0.493 e. The lowest BCUT2D eigenvalue weighted by Gasteiger charge is -2.10. The van der Waals surface area contributed by atoms with E-state index in [4.69, 9.17) is 14.6 Å². The molecule has 0 saturated heterocycles. The van der Waals surface area contributed by atoms with E-state index < -0.39 is 5.97 Å². The van der Waals surface area contributed by atoms with Gasteiger partial charge in [0.25, 0.3) is 0 Å². The Bertz CT molecular complexity index is 613. The van der Waals surface area contributed by atoms with E-state index in [9.17, 15) is 4.79 Å². The van der Waals surface area contributed by atoms with Crippen molar-refractivity contribution in [2.24, 2.45) is 0 Å². The molecule has 2 rings (SSSR count). The van der Waals surface area contributed by atoms with Crippen LogP contribution in [0.4, 0.5) is 0 Å². The summed E-state index contributed by atoms with van der Waals surface area (Å²) in [6.07, 6.45) is 1.39. The Kier molecular flexibility index (Phi) is 3.61. The van der Waals surface area contributed by atoms with E-state index in [0.717, 1.165) is 5.69 Å². The summed E-state index contributed by atoms with van der Waals surface area (Å²) >= 11 is 0. The zero-order chi connectivity index (χ0) is 13.8. The van der Waals surface area contributed by atoms with Crippen LogP contribution >= 0.6 is 0 Å². The van der Waals surface area contributed by atoms with Crippen molar-refractivity contribution in [3.05, 3.63) is 41.9 Å². The molecule has 0 fully saturated rings. The number of aromatic nitrogens is 2. The van der Waals surface area contributed by atoms with Crippen LogP contribution in [0.15, 0.2) is 30.6 Å². The van der Waals surface area contributed by atoms with Crippen LogP contribution in [-0.2, 0) is 0 Å². The Labute approximate surface area is 109 Å². The predicted molar refractivity (Wildman–Crippen MR) is 66.8 cm³/mol. The summed E-state index contributed by atoms with van der Waals surface area (Å²) < 4.78 is 10.7. The number of benzene rings is 1. The molecule has 1 N–H and O–H groups in total. The first-order valence-corrected chi connectivity index (χ1v) is 5.48. The van der Waals surface area contributed by atoms with Gasteiger partial charge in [0.2, 0.25) is 5.88 Å². The first-order valence-electron chi connectivity index (χ1n) is 5.48. The van der Waals surface area contributed by atoms with Crippen LogP contribution in [0, 0.1) is 6.92 Å². The van der Waals surface area contributed by atoms with Crippen molar-refractivity contribution in [2.75, 3.05) is 7.11 Å². The van der Waals surface area contributed by atoms with Gasteiger partial charge in [-0.1, -0.05) is 0 Å². The van der Waals surface area contributed by atoms with Crippen molar-refractivity contribution >= 4 is 5.97 Å². The van der Waals surface area contributed by atoms with Crippen LogP contribution < -0.4 is 9.47 Å². The Morgan fingerprint density at radius 1 is 1.21 bits per heavy atom. The zero-order valence-corrected chi connectivity index (χ0v) is 10.5. The molecule has 0 aliphatic carbocycles. The third kappa shape index (κ3) is 2.98. The molecular formula is C13H12N2O4. The summed E-state index contributed by atoms with van der Waals surface area (Å²) in [5, 5.41) is 8.90. The molecule has 1 aromatic carbocycles. The molecule has 19 heavy (non-hydrogen) atoms. The van der Waals surface area contributed by atoms with Gasteiger partial charge in [-0.05, 0) is 25.1 Å². The molecule has 6 heteroatoms. The molecular weight excluding hydrogens is 248 g/mol. The molecule has 1 heterocycles. The van der Waals surface area contributed by atoms with Gasteiger partial charge in [-0.3, -0.25) is 0 Å². The Balaban J connectivity index is 2.32. The average molecular weight is 260 g/mol. The summed E-state index contributed by atoms with van der Waals surface area (Å²) in [5.74, 6) is 0.0679. The number of carboxylic acids is 1. The van der Waals surface area contributed by atoms with E-state index in [2.05, 4.69) is 9.97 Å². The number of hydrogen-bond donors (Lipinski definition) is 1. The summed E-state index contributed by atoms with van der Waals surface area (Å²) in [6.45, 7) is 1.82. The van der Waals surface area contributed by atoms with Gasteiger partial charge in [0.1, 0.15) is 6.33 Å². The van der Waals surface area contributed by atoms with Crippen molar-refractivity contribution in [3.8, 4) is 17.4 Å². The molecule has 0 bridgehead atoms. The minimum absolute atomic E-state index is 0.128. The average Bonchev–Trinajstić information content (AvgIpc) is 2.39. The van der Waals surface area contributed by atoms with Crippen LogP contribution in [0.2, 0.25) is 0 Å². The summed E-state index contributed by atoms with van der Waals surface area (Å²) in [4.78, 5) is 18.8. The minimum atomic E-state index is -1.03. The number of carboxylic acid groups (broad SMARTS) is 1. The van der Waals surface area contributed by atoms with Gasteiger partial charge in [0.15, 0.2) is 11.5 Å². The molecule has 0 amide bonds. The number of hydrogen-bond acceptors (Lipinski definition) is 5. The monoisotopic (exact) mass is 260 g/mol. The van der Waals surface area contributed by atoms with Gasteiger partial charge in [0.05, 0.1) is 12.7 Å². The fraction of sp³-hybridized carbons (Fsp3) is 0.154. The second kappa shape index (κ2) is 5.34. The van der Waals surface area contributed by atoms with E-state index >= 15 is 0 Å². The van der Waals surface area contributed by atoms with E-state index in [-0.39, 0.29) is 5.56 Å². The molecule has 0 spiro atoms. The number of carbonyl (C=O) groups is 1. The van der Waals surface area contributed by atoms with E-state index in [1.807, 2.05) is 6.92 Å². The quantitative estimate of drug-likeness (QED) is 0.908. The van der Waals surface area contributed by atoms with Gasteiger partial charge in [-0.25, -0.2) is 14.8 Å². The molecule has 0 aliphatic rings. The molecule has 1 aromatic heterocycles. The fourth-order valence-corrected chi connectivity index (χ4v) is 1.48. The molecule has 0 unspecified atom stereocenters. The normalized spacial score (nSPS) is 10.0. The topological polar surface area (TPSA) is 81.5 Å². The van der Waals surface area contributed by atoms with E-state index in [0.29, 0.717) is 17.4 Å². The maximum Gasteiger partial charge on any atom is 0.335 e. The first kappa shape index (κ1) is 12.8. The highest BCUT2D eigenvalue weighted by atomic mass is 16.5. The highest BCUT2D eigenvalue weighted by Gasteiger charge is 2.11. The van der Waals surface area contributed by atoms with Crippen LogP contribution in [0.5, 0.6) is 17.4 Å². The molecule has 98 valence electrons. The second-order valence-corrected chi connectivity index (χ2v) is 3.77. The third-order valence-electron chi connectivity index (χ3n) is 2.40. The second-order valence-electron chi connectivity index (χ2n) is 3.77. The number of methoxy groups -OCH3 is 1. The molecule has 0 radical (unpaired) electrons. The number of nitrogens with zero attached hydrogens (tertiary/aromatic N) is 2. The lowest BCUT2D eigenvalue weighted by molar-refractivity contribution is 0.0696. The maximum atomic E-state index is 10.9. The zero-order valence-electron chi connectivity index (χ0n) is 10.5. The molecule has 2 aromatic rings. The minimum Gasteiger partial charge on any atom is -0.493 e. The standard InChI is InChI=1S/C13H12N2O4/c1-8-5-12(15-7-14-8)19-10-4-3-9(13(16)17)6-11(10)18-2/h3-7H,1-2H3,(H,16,17). The van der Waals surface area contributed by atoms with Crippen LogP contribution in [0.25, 0.3) is 0 Å². The predicted octanol–water partition coefficient (Wildman–Crippen LogP) is 2.28. The van der Waals surface area contributed by atoms with Gasteiger partial charge in [-0.15, -0.1) is 0 Å². The summed E-state index contributed by atoms with van der Waals surface area (Å²) in [6, 6.07) is 6.03. The van der Waals surface area contributed by atoms with Crippen LogP contribution in [0.3, 0.4) is 0 Å². The van der Waals surface area contributed by atoms with Gasteiger partial charge in [-0.2, -0.15) is 0 Å². The van der Waals surface area contributed by atoms with Crippen molar-refractivity contribution in [1.82, 2.24) is 9.97 Å². The van der Waals surface area contributed by atoms with Crippen LogP contribution in [0.1, 0.15) is 16.1 Å². The third-order valence-corrected chi connectivity index (χ3v) is 2.40. The van der Waals surface area contributed by atoms with Gasteiger partial charge >= 0.3 is 5.97 Å². The molecule has 6 nitrogen and oxygen atoms in total. The SMILES string of the molecule is COc1cc(C(=O)O)ccc1Oc1cc(C)ncn1. The van der Waals surface area contributed by atoms with Gasteiger partial charge in [0, 0.05) is 11.8 Å². The van der Waals surface area contributed by atoms with Crippen molar-refractivity contribution < 1.29 is 19.4 Å². The van der Waals surface area contributed by atoms with E-state index in [1.54, 1.807) is 6.07 Å². The van der Waals surface area contributed by atoms with Crippen molar-refractivity contribution in [2.45, 2.75) is 6.92 Å². The molecule has 0 aliphatic heterocycles. The maximum absolute atomic E-state index is 10.9. The van der Waals surface area contributed by atoms with Crippen molar-refractivity contribution in [1.29, 1.82) is 0 Å². The number of ether oxygens (including phenoxy) is 2. The molecule has 0 saturated carbocycles. The van der Waals surface area contributed by atoms with Crippen molar-refractivity contribution in [3.63, 3.8) is 0 Å². The lowest BCUT2D eigenvalue weighted by atomic mass is 10.2. The highest BCUT2D eigenvalue weighted by Crippen LogP contribution is 2.31. The number of aryl methyl sites for hydroxylation is 1. The number of rotatable bonds is 4. The highest BCUT2D eigenvalue weighted by molar-refractivity contribution is 5.88. The van der Waals surface area contributed by atoms with Gasteiger partial charge < -0.3 is 14.6 Å². The Hall–Kier alpha value is -2.63. The van der Waals surface area contributed by atoms with E-state index in [1.165, 1.54) is 31.6 Å². The Morgan fingerprint density at radius 3 is 2.63 bits per heavy atom. The first-order chi connectivity index (χ1) is 9.10. The van der Waals surface area contributed by atoms with Crippen LogP contribution in [-0.4, -0.2) is 28.2 Å². The lowest BCUT2D eigenvalue weighted by Crippen LogP contribution is -1.99. The molecule has 0 atom stereocenters. The summed E-state index contributed by atoms with van der Waals surface area (Å²) in [7, 11) is 1.44. The smallest absolute Gasteiger partial charge is 0.335 e. The fourth-order valence-electron chi connectivity index (χ4n) is 1.48. The summed E-state index contributed by atoms with van der Waals surface area (Å²) in [5.41, 5.74) is 0.897.